The van der Waals surface area contributed by atoms with Gasteiger partial charge in [-0.1, -0.05) is 37.3 Å². The summed E-state index contributed by atoms with van der Waals surface area (Å²) in [6.07, 6.45) is 2.31. The number of hydrogen-bond acceptors (Lipinski definition) is 5. The number of benzene rings is 1. The average Bonchev–Trinajstić information content (AvgIpc) is 2.64. The molecule has 2 rings (SSSR count). The third-order valence-electron chi connectivity index (χ3n) is 4.87. The number of nitrogens with zero attached hydrogens (tertiary/aromatic N) is 1. The molecule has 1 unspecified atom stereocenters. The van der Waals surface area contributed by atoms with Gasteiger partial charge in [-0.05, 0) is 37.4 Å². The molecule has 0 bridgehead atoms. The van der Waals surface area contributed by atoms with E-state index in [4.69, 9.17) is 9.47 Å². The zero-order valence-electron chi connectivity index (χ0n) is 15.9. The summed E-state index contributed by atoms with van der Waals surface area (Å²) in [7, 11) is -1.77. The predicted molar refractivity (Wildman–Crippen MR) is 104 cm³/mol. The molecule has 0 spiro atoms. The van der Waals surface area contributed by atoms with Crippen molar-refractivity contribution in [2.75, 3.05) is 52.3 Å². The van der Waals surface area contributed by atoms with Crippen molar-refractivity contribution < 1.29 is 17.9 Å². The number of rotatable bonds is 11. The van der Waals surface area contributed by atoms with E-state index >= 15 is 0 Å². The van der Waals surface area contributed by atoms with Crippen LogP contribution in [-0.2, 0) is 19.5 Å². The molecule has 0 aromatic heterocycles. The first-order valence-electron chi connectivity index (χ1n) is 9.35. The summed E-state index contributed by atoms with van der Waals surface area (Å²) in [6.45, 7) is 5.72. The van der Waals surface area contributed by atoms with Gasteiger partial charge in [0.25, 0.3) is 0 Å². The highest BCUT2D eigenvalue weighted by Gasteiger charge is 2.25. The minimum atomic E-state index is -3.36. The molecule has 1 aliphatic heterocycles. The standard InChI is InChI=1S/C19H32N2O4S/c1-17-8-10-21(11-9-17)19(18-6-4-3-5-7-18)16-20-26(22,23)15-14-25-13-12-24-2/h3-7,17,19-20H,8-16H2,1-2H3. The van der Waals surface area contributed by atoms with E-state index in [9.17, 15) is 8.42 Å². The molecule has 1 atom stereocenters. The van der Waals surface area contributed by atoms with E-state index < -0.39 is 10.0 Å². The lowest BCUT2D eigenvalue weighted by Gasteiger charge is -2.37. The molecular formula is C19H32N2O4S. The maximum Gasteiger partial charge on any atom is 0.213 e. The zero-order chi connectivity index (χ0) is 18.8. The Morgan fingerprint density at radius 3 is 2.50 bits per heavy atom. The minimum Gasteiger partial charge on any atom is -0.382 e. The summed E-state index contributed by atoms with van der Waals surface area (Å²) in [6, 6.07) is 10.2. The fourth-order valence-corrected chi connectivity index (χ4v) is 4.06. The van der Waals surface area contributed by atoms with Crippen molar-refractivity contribution in [1.82, 2.24) is 9.62 Å². The molecule has 0 radical (unpaired) electrons. The van der Waals surface area contributed by atoms with Gasteiger partial charge in [0, 0.05) is 19.7 Å². The summed E-state index contributed by atoms with van der Waals surface area (Å²) < 4.78 is 37.5. The lowest BCUT2D eigenvalue weighted by atomic mass is 9.96. The Kier molecular flexibility index (Phi) is 9.01. The zero-order valence-corrected chi connectivity index (χ0v) is 16.7. The Bertz CT molecular complexity index is 601. The predicted octanol–water partition coefficient (Wildman–Crippen LogP) is 2.04. The second-order valence-corrected chi connectivity index (χ2v) is 8.84. The van der Waals surface area contributed by atoms with Gasteiger partial charge in [-0.3, -0.25) is 4.90 Å². The fraction of sp³-hybridized carbons (Fsp3) is 0.684. The van der Waals surface area contributed by atoms with Crippen LogP contribution in [0.25, 0.3) is 0 Å². The molecule has 0 saturated carbocycles. The molecule has 7 heteroatoms. The van der Waals surface area contributed by atoms with Gasteiger partial charge in [0.15, 0.2) is 0 Å². The number of hydrogen-bond donors (Lipinski definition) is 1. The van der Waals surface area contributed by atoms with Crippen LogP contribution in [0.3, 0.4) is 0 Å². The number of methoxy groups -OCH3 is 1. The summed E-state index contributed by atoms with van der Waals surface area (Å²) >= 11 is 0. The fourth-order valence-electron chi connectivity index (χ4n) is 3.16. The Morgan fingerprint density at radius 2 is 1.85 bits per heavy atom. The molecule has 1 fully saturated rings. The Morgan fingerprint density at radius 1 is 1.15 bits per heavy atom. The lowest BCUT2D eigenvalue weighted by molar-refractivity contribution is 0.0784. The number of sulfonamides is 1. The molecule has 6 nitrogen and oxygen atoms in total. The molecule has 1 saturated heterocycles. The van der Waals surface area contributed by atoms with E-state index in [0.29, 0.717) is 19.8 Å². The number of nitrogens with one attached hydrogen (secondary N) is 1. The van der Waals surface area contributed by atoms with Gasteiger partial charge in [-0.15, -0.1) is 0 Å². The van der Waals surface area contributed by atoms with Crippen LogP contribution in [0.1, 0.15) is 31.4 Å². The van der Waals surface area contributed by atoms with Crippen LogP contribution in [0.4, 0.5) is 0 Å². The van der Waals surface area contributed by atoms with Gasteiger partial charge in [0.1, 0.15) is 0 Å². The van der Waals surface area contributed by atoms with Crippen molar-refractivity contribution >= 4 is 10.0 Å². The first-order chi connectivity index (χ1) is 12.5. The van der Waals surface area contributed by atoms with Crippen LogP contribution in [-0.4, -0.2) is 65.6 Å². The molecule has 1 aromatic rings. The van der Waals surface area contributed by atoms with Crippen molar-refractivity contribution in [3.63, 3.8) is 0 Å². The van der Waals surface area contributed by atoms with E-state index in [1.807, 2.05) is 18.2 Å². The van der Waals surface area contributed by atoms with Crippen LogP contribution in [0.2, 0.25) is 0 Å². The highest BCUT2D eigenvalue weighted by molar-refractivity contribution is 7.89. The molecule has 1 aliphatic rings. The molecular weight excluding hydrogens is 352 g/mol. The number of piperidine rings is 1. The van der Waals surface area contributed by atoms with Crippen molar-refractivity contribution in [2.24, 2.45) is 5.92 Å². The Hall–Kier alpha value is -0.990. The summed E-state index contributed by atoms with van der Waals surface area (Å²) in [5.74, 6) is 0.707. The Labute approximate surface area is 157 Å². The van der Waals surface area contributed by atoms with E-state index in [-0.39, 0.29) is 18.4 Å². The van der Waals surface area contributed by atoms with Crippen LogP contribution in [0.15, 0.2) is 30.3 Å². The van der Waals surface area contributed by atoms with E-state index in [1.165, 1.54) is 0 Å². The largest absolute Gasteiger partial charge is 0.382 e. The van der Waals surface area contributed by atoms with E-state index in [0.717, 1.165) is 37.4 Å². The van der Waals surface area contributed by atoms with Crippen LogP contribution in [0.5, 0.6) is 0 Å². The molecule has 1 N–H and O–H groups in total. The van der Waals surface area contributed by atoms with Gasteiger partial charge in [-0.2, -0.15) is 0 Å². The van der Waals surface area contributed by atoms with Gasteiger partial charge < -0.3 is 9.47 Å². The molecule has 26 heavy (non-hydrogen) atoms. The average molecular weight is 385 g/mol. The second-order valence-electron chi connectivity index (χ2n) is 6.92. The summed E-state index contributed by atoms with van der Waals surface area (Å²) in [5.41, 5.74) is 1.15. The van der Waals surface area contributed by atoms with Gasteiger partial charge in [-0.25, -0.2) is 13.1 Å². The monoisotopic (exact) mass is 384 g/mol. The first kappa shape index (κ1) is 21.3. The quantitative estimate of drug-likeness (QED) is 0.592. The van der Waals surface area contributed by atoms with Crippen LogP contribution < -0.4 is 4.72 Å². The third kappa shape index (κ3) is 7.32. The lowest BCUT2D eigenvalue weighted by Crippen LogP contribution is -2.42. The van der Waals surface area contributed by atoms with Gasteiger partial charge in [0.2, 0.25) is 10.0 Å². The maximum absolute atomic E-state index is 12.3. The summed E-state index contributed by atoms with van der Waals surface area (Å²) in [4.78, 5) is 2.40. The molecule has 1 aromatic carbocycles. The topological polar surface area (TPSA) is 67.9 Å². The number of ether oxygens (including phenoxy) is 2. The first-order valence-corrected chi connectivity index (χ1v) is 11.0. The maximum atomic E-state index is 12.3. The normalized spacial score (nSPS) is 18.1. The van der Waals surface area contributed by atoms with Gasteiger partial charge >= 0.3 is 0 Å². The second kappa shape index (κ2) is 11.0. The van der Waals surface area contributed by atoms with Gasteiger partial charge in [0.05, 0.1) is 25.6 Å². The number of likely N-dealkylation sites (tertiary alicyclic amines) is 1. The molecule has 1 heterocycles. The minimum absolute atomic E-state index is 0.0325. The smallest absolute Gasteiger partial charge is 0.213 e. The van der Waals surface area contributed by atoms with E-state index in [1.54, 1.807) is 7.11 Å². The highest BCUT2D eigenvalue weighted by Crippen LogP contribution is 2.26. The van der Waals surface area contributed by atoms with Crippen molar-refractivity contribution in [3.8, 4) is 0 Å². The van der Waals surface area contributed by atoms with Crippen LogP contribution in [0, 0.1) is 5.92 Å². The van der Waals surface area contributed by atoms with Crippen LogP contribution >= 0.6 is 0 Å². The third-order valence-corrected chi connectivity index (χ3v) is 6.18. The SMILES string of the molecule is COCCOCCS(=O)(=O)NCC(c1ccccc1)N1CCC(C)CC1. The van der Waals surface area contributed by atoms with E-state index in [2.05, 4.69) is 28.7 Å². The Balaban J connectivity index is 1.92. The molecule has 0 aliphatic carbocycles. The van der Waals surface area contributed by atoms with Crippen molar-refractivity contribution in [3.05, 3.63) is 35.9 Å². The highest BCUT2D eigenvalue weighted by atomic mass is 32.2. The molecule has 0 amide bonds. The summed E-state index contributed by atoms with van der Waals surface area (Å²) in [5, 5.41) is 0. The van der Waals surface area contributed by atoms with Crippen molar-refractivity contribution in [2.45, 2.75) is 25.8 Å². The molecule has 148 valence electrons. The van der Waals surface area contributed by atoms with Crippen molar-refractivity contribution in [1.29, 1.82) is 0 Å².